The zero-order chi connectivity index (χ0) is 27.5. The van der Waals surface area contributed by atoms with Gasteiger partial charge in [-0.25, -0.2) is 22.9 Å². The number of ketones is 1. The van der Waals surface area contributed by atoms with Gasteiger partial charge in [0.1, 0.15) is 11.6 Å². The van der Waals surface area contributed by atoms with Gasteiger partial charge in [-0.15, -0.1) is 0 Å². The van der Waals surface area contributed by atoms with E-state index in [1.54, 1.807) is 43.5 Å². The summed E-state index contributed by atoms with van der Waals surface area (Å²) in [4.78, 5) is 28.0. The number of carbonyl (C=O) groups excluding carboxylic acids is 1. The van der Waals surface area contributed by atoms with E-state index in [0.29, 0.717) is 18.7 Å². The SMILES string of the molecule is CC(=O)CCCCC[C@H](NS(=O)(=O)c1ccccc1)c1ncc(-c2ccccc2)[nH]1.O=C(O)C(F)(F)F. The minimum atomic E-state index is -5.08. The Labute approximate surface area is 213 Å². The lowest BCUT2D eigenvalue weighted by Crippen LogP contribution is -2.29. The van der Waals surface area contributed by atoms with Crippen LogP contribution >= 0.6 is 0 Å². The number of nitrogens with one attached hydrogen (secondary N) is 2. The first-order valence-electron chi connectivity index (χ1n) is 11.4. The number of halogens is 3. The van der Waals surface area contributed by atoms with E-state index in [2.05, 4.69) is 14.7 Å². The van der Waals surface area contributed by atoms with Crippen LogP contribution in [0, 0.1) is 0 Å². The maximum atomic E-state index is 12.9. The van der Waals surface area contributed by atoms with Gasteiger partial charge in [-0.1, -0.05) is 61.4 Å². The second-order valence-corrected chi connectivity index (χ2v) is 9.85. The highest BCUT2D eigenvalue weighted by Crippen LogP contribution is 2.24. The number of aromatic amines is 1. The van der Waals surface area contributed by atoms with E-state index in [0.717, 1.165) is 30.5 Å². The molecule has 1 atom stereocenters. The van der Waals surface area contributed by atoms with E-state index >= 15 is 0 Å². The van der Waals surface area contributed by atoms with E-state index in [4.69, 9.17) is 9.90 Å². The van der Waals surface area contributed by atoms with Crippen molar-refractivity contribution in [3.63, 3.8) is 0 Å². The molecule has 0 amide bonds. The summed E-state index contributed by atoms with van der Waals surface area (Å²) in [5.74, 6) is -2.00. The molecular weight excluding hydrogens is 511 g/mol. The summed E-state index contributed by atoms with van der Waals surface area (Å²) >= 11 is 0. The second-order valence-electron chi connectivity index (χ2n) is 8.14. The maximum Gasteiger partial charge on any atom is 0.490 e. The fourth-order valence-electron chi connectivity index (χ4n) is 3.28. The smallest absolute Gasteiger partial charge is 0.475 e. The number of H-pyrrole nitrogens is 1. The number of hydrogen-bond acceptors (Lipinski definition) is 5. The molecule has 0 unspecified atom stereocenters. The Bertz CT molecular complexity index is 1250. The number of alkyl halides is 3. The van der Waals surface area contributed by atoms with Crippen molar-refractivity contribution in [2.45, 2.75) is 56.1 Å². The highest BCUT2D eigenvalue weighted by molar-refractivity contribution is 7.89. The van der Waals surface area contributed by atoms with Gasteiger partial charge >= 0.3 is 12.1 Å². The number of imidazole rings is 1. The van der Waals surface area contributed by atoms with Crippen molar-refractivity contribution in [1.82, 2.24) is 14.7 Å². The van der Waals surface area contributed by atoms with E-state index < -0.39 is 28.2 Å². The molecule has 3 rings (SSSR count). The van der Waals surface area contributed by atoms with Gasteiger partial charge in [-0.05, 0) is 37.5 Å². The zero-order valence-corrected chi connectivity index (χ0v) is 20.8. The predicted octanol–water partition coefficient (Wildman–Crippen LogP) is 5.27. The summed E-state index contributed by atoms with van der Waals surface area (Å²) in [5, 5.41) is 7.12. The minimum Gasteiger partial charge on any atom is -0.475 e. The van der Waals surface area contributed by atoms with Crippen molar-refractivity contribution in [2.75, 3.05) is 0 Å². The summed E-state index contributed by atoms with van der Waals surface area (Å²) in [6.45, 7) is 1.59. The lowest BCUT2D eigenvalue weighted by Gasteiger charge is -2.17. The number of carbonyl (C=O) groups is 2. The molecular formula is C25H28F3N3O5S. The van der Waals surface area contributed by atoms with Gasteiger partial charge in [0, 0.05) is 6.42 Å². The Morgan fingerprint density at radius 1 is 1.00 bits per heavy atom. The molecule has 3 aromatic rings. The maximum absolute atomic E-state index is 12.9. The summed E-state index contributed by atoms with van der Waals surface area (Å²) in [6.07, 6.45) is 0.238. The first kappa shape index (κ1) is 29.7. The number of nitrogens with zero attached hydrogens (tertiary/aromatic N) is 1. The molecule has 8 nitrogen and oxygen atoms in total. The molecule has 1 aromatic heterocycles. The molecule has 0 aliphatic heterocycles. The van der Waals surface area contributed by atoms with Gasteiger partial charge in [0.2, 0.25) is 10.0 Å². The molecule has 0 saturated heterocycles. The Morgan fingerprint density at radius 3 is 2.11 bits per heavy atom. The third kappa shape index (κ3) is 10.2. The topological polar surface area (TPSA) is 129 Å². The van der Waals surface area contributed by atoms with Gasteiger partial charge < -0.3 is 14.9 Å². The predicted molar refractivity (Wildman–Crippen MR) is 131 cm³/mol. The molecule has 0 saturated carbocycles. The van der Waals surface area contributed by atoms with Crippen LogP contribution in [-0.4, -0.2) is 41.4 Å². The number of aromatic nitrogens is 2. The number of aliphatic carboxylic acids is 1. The van der Waals surface area contributed by atoms with E-state index in [1.807, 2.05) is 30.3 Å². The monoisotopic (exact) mass is 539 g/mol. The number of rotatable bonds is 11. The molecule has 0 fully saturated rings. The molecule has 0 radical (unpaired) electrons. The van der Waals surface area contributed by atoms with Crippen LogP contribution in [0.2, 0.25) is 0 Å². The molecule has 1 heterocycles. The average Bonchev–Trinajstić information content (AvgIpc) is 3.34. The van der Waals surface area contributed by atoms with Crippen LogP contribution in [0.25, 0.3) is 11.3 Å². The first-order chi connectivity index (χ1) is 17.4. The van der Waals surface area contributed by atoms with Gasteiger partial charge in [0.15, 0.2) is 0 Å². The normalized spacial score (nSPS) is 12.3. The van der Waals surface area contributed by atoms with E-state index in [9.17, 15) is 26.4 Å². The van der Waals surface area contributed by atoms with Gasteiger partial charge in [0.25, 0.3) is 0 Å². The minimum absolute atomic E-state index is 0.176. The number of benzene rings is 2. The van der Waals surface area contributed by atoms with Crippen molar-refractivity contribution < 1.29 is 36.3 Å². The third-order valence-electron chi connectivity index (χ3n) is 5.13. The fraction of sp³-hybridized carbons (Fsp3) is 0.320. The van der Waals surface area contributed by atoms with Crippen molar-refractivity contribution in [1.29, 1.82) is 0 Å². The van der Waals surface area contributed by atoms with Crippen LogP contribution < -0.4 is 4.72 Å². The number of sulfonamides is 1. The number of hydrogen-bond donors (Lipinski definition) is 3. The Morgan fingerprint density at radius 2 is 1.57 bits per heavy atom. The molecule has 37 heavy (non-hydrogen) atoms. The highest BCUT2D eigenvalue weighted by atomic mass is 32.2. The lowest BCUT2D eigenvalue weighted by molar-refractivity contribution is -0.192. The van der Waals surface area contributed by atoms with Crippen molar-refractivity contribution in [2.24, 2.45) is 0 Å². The van der Waals surface area contributed by atoms with Crippen LogP contribution in [0.5, 0.6) is 0 Å². The van der Waals surface area contributed by atoms with Crippen molar-refractivity contribution in [3.05, 3.63) is 72.7 Å². The fourth-order valence-corrected chi connectivity index (χ4v) is 4.54. The number of carboxylic acids is 1. The second kappa shape index (κ2) is 13.7. The number of carboxylic acid groups (broad SMARTS) is 1. The zero-order valence-electron chi connectivity index (χ0n) is 20.0. The lowest BCUT2D eigenvalue weighted by atomic mass is 10.1. The molecule has 12 heteroatoms. The molecule has 0 spiro atoms. The Kier molecular flexibility index (Phi) is 11.0. The summed E-state index contributed by atoms with van der Waals surface area (Å²) in [6, 6.07) is 17.6. The van der Waals surface area contributed by atoms with E-state index in [-0.39, 0.29) is 10.7 Å². The first-order valence-corrected chi connectivity index (χ1v) is 12.9. The summed E-state index contributed by atoms with van der Waals surface area (Å²) in [7, 11) is -3.68. The third-order valence-corrected chi connectivity index (χ3v) is 6.61. The van der Waals surface area contributed by atoms with Crippen LogP contribution in [-0.2, 0) is 19.6 Å². The molecule has 0 aliphatic carbocycles. The Balaban J connectivity index is 0.000000604. The van der Waals surface area contributed by atoms with E-state index in [1.165, 1.54) is 0 Å². The molecule has 2 aromatic carbocycles. The van der Waals surface area contributed by atoms with Crippen LogP contribution in [0.4, 0.5) is 13.2 Å². The average molecular weight is 540 g/mol. The summed E-state index contributed by atoms with van der Waals surface area (Å²) < 4.78 is 60.3. The number of unbranched alkanes of at least 4 members (excludes halogenated alkanes) is 2. The van der Waals surface area contributed by atoms with Gasteiger partial charge in [-0.2, -0.15) is 13.2 Å². The van der Waals surface area contributed by atoms with Gasteiger partial charge in [-0.3, -0.25) is 0 Å². The largest absolute Gasteiger partial charge is 0.490 e. The van der Waals surface area contributed by atoms with Crippen molar-refractivity contribution in [3.8, 4) is 11.3 Å². The van der Waals surface area contributed by atoms with Crippen LogP contribution in [0.3, 0.4) is 0 Å². The summed E-state index contributed by atoms with van der Waals surface area (Å²) in [5.41, 5.74) is 1.83. The van der Waals surface area contributed by atoms with Crippen molar-refractivity contribution >= 4 is 21.8 Å². The van der Waals surface area contributed by atoms with Crippen LogP contribution in [0.1, 0.15) is 50.9 Å². The highest BCUT2D eigenvalue weighted by Gasteiger charge is 2.38. The quantitative estimate of drug-likeness (QED) is 0.285. The Hall–Kier alpha value is -3.51. The van der Waals surface area contributed by atoms with Gasteiger partial charge in [0.05, 0.1) is 22.8 Å². The molecule has 0 aliphatic rings. The molecule has 200 valence electrons. The molecule has 0 bridgehead atoms. The number of Topliss-reactive ketones (excluding diaryl/α,β-unsaturated/α-hetero) is 1. The standard InChI is InChI=1S/C23H27N3O3S.C2HF3O2/c1-18(27)11-5-2-10-16-21(26-30(28,29)20-14-8-4-9-15-20)23-24-17-22(25-23)19-12-6-3-7-13-19;3-2(4,5)1(6)7/h3-4,6-9,12-15,17,21,26H,2,5,10-11,16H2,1H3,(H,24,25);(H,6,7)/t21-;/m0./s1. The van der Waals surface area contributed by atoms with Crippen LogP contribution in [0.15, 0.2) is 71.8 Å². The molecule has 3 N–H and O–H groups in total.